The van der Waals surface area contributed by atoms with E-state index in [1.54, 1.807) is 0 Å². The highest BCUT2D eigenvalue weighted by Gasteiger charge is 2.68. The van der Waals surface area contributed by atoms with Crippen molar-refractivity contribution >= 4 is 46.7 Å². The predicted molar refractivity (Wildman–Crippen MR) is 119 cm³/mol. The first kappa shape index (κ1) is 19.5. The van der Waals surface area contributed by atoms with Crippen LogP contribution in [0.15, 0.2) is 66.7 Å². The van der Waals surface area contributed by atoms with E-state index in [0.29, 0.717) is 0 Å². The van der Waals surface area contributed by atoms with Crippen LogP contribution in [0.4, 0.5) is 5.69 Å². The molecule has 2 bridgehead atoms. The summed E-state index contributed by atoms with van der Waals surface area (Å²) < 4.78 is 0. The highest BCUT2D eigenvalue weighted by atomic mass is 35.5. The number of carboxylic acids is 1. The van der Waals surface area contributed by atoms with Crippen LogP contribution >= 0.6 is 23.2 Å². The van der Waals surface area contributed by atoms with Crippen LogP contribution in [0.1, 0.15) is 38.5 Å². The minimum Gasteiger partial charge on any atom is -0.478 e. The average molecular weight is 464 g/mol. The zero-order valence-electron chi connectivity index (χ0n) is 16.5. The number of hydrogen-bond donors (Lipinski definition) is 1. The van der Waals surface area contributed by atoms with E-state index in [-0.39, 0.29) is 28.1 Å². The number of anilines is 1. The molecular weight excluding hydrogens is 449 g/mol. The van der Waals surface area contributed by atoms with Crippen molar-refractivity contribution in [1.29, 1.82) is 0 Å². The van der Waals surface area contributed by atoms with Crippen LogP contribution in [-0.4, -0.2) is 22.9 Å². The van der Waals surface area contributed by atoms with E-state index in [1.807, 2.05) is 48.5 Å². The molecule has 2 amide bonds. The maximum atomic E-state index is 13.8. The number of carboxylic acid groups (broad SMARTS) is 1. The number of hydrogen-bond acceptors (Lipinski definition) is 3. The molecule has 32 heavy (non-hydrogen) atoms. The Labute approximate surface area is 193 Å². The minimum absolute atomic E-state index is 0.0338. The van der Waals surface area contributed by atoms with Crippen molar-refractivity contribution < 1.29 is 19.5 Å². The van der Waals surface area contributed by atoms with Crippen LogP contribution in [0.3, 0.4) is 0 Å². The lowest BCUT2D eigenvalue weighted by molar-refractivity contribution is -0.122. The number of amides is 2. The van der Waals surface area contributed by atoms with Crippen molar-refractivity contribution in [2.75, 3.05) is 4.90 Å². The normalized spacial score (nSPS) is 27.2. The molecule has 0 radical (unpaired) electrons. The number of benzene rings is 3. The molecule has 0 spiro atoms. The summed E-state index contributed by atoms with van der Waals surface area (Å²) in [6, 6.07) is 19.5. The highest BCUT2D eigenvalue weighted by Crippen LogP contribution is 2.65. The maximum absolute atomic E-state index is 13.8. The van der Waals surface area contributed by atoms with Crippen LogP contribution in [-0.2, 0) is 14.5 Å². The molecule has 1 N–H and O–H groups in total. The van der Waals surface area contributed by atoms with Gasteiger partial charge in [-0.3, -0.25) is 9.59 Å². The molecule has 7 rings (SSSR count). The molecule has 1 saturated heterocycles. The number of imide groups is 1. The Bertz CT molecular complexity index is 1320. The van der Waals surface area contributed by atoms with Gasteiger partial charge in [0.25, 0.3) is 0 Å². The average Bonchev–Trinajstić information content (AvgIpc) is 3.06. The Morgan fingerprint density at radius 3 is 2.09 bits per heavy atom. The van der Waals surface area contributed by atoms with Gasteiger partial charge in [-0.25, -0.2) is 9.69 Å². The van der Waals surface area contributed by atoms with Gasteiger partial charge in [0.1, 0.15) is 4.87 Å². The second-order valence-electron chi connectivity index (χ2n) is 8.35. The van der Waals surface area contributed by atoms with E-state index >= 15 is 0 Å². The first-order valence-corrected chi connectivity index (χ1v) is 10.9. The molecule has 3 aromatic carbocycles. The Morgan fingerprint density at radius 1 is 0.906 bits per heavy atom. The molecule has 4 aliphatic rings. The summed E-state index contributed by atoms with van der Waals surface area (Å²) in [6.07, 6.45) is 0. The summed E-state index contributed by atoms with van der Waals surface area (Å²) in [5, 5.41) is 9.48. The van der Waals surface area contributed by atoms with Gasteiger partial charge in [-0.2, -0.15) is 0 Å². The van der Waals surface area contributed by atoms with Crippen molar-refractivity contribution in [3.8, 4) is 0 Å². The number of rotatable bonds is 2. The van der Waals surface area contributed by atoms with Crippen LogP contribution < -0.4 is 4.90 Å². The lowest BCUT2D eigenvalue weighted by Crippen LogP contribution is -2.50. The fraction of sp³-hybridized carbons (Fsp3) is 0.160. The molecule has 7 heteroatoms. The molecule has 158 valence electrons. The number of alkyl halides is 1. The van der Waals surface area contributed by atoms with Crippen LogP contribution in [0.2, 0.25) is 5.02 Å². The zero-order chi connectivity index (χ0) is 22.4. The predicted octanol–water partition coefficient (Wildman–Crippen LogP) is 4.79. The lowest BCUT2D eigenvalue weighted by atomic mass is 9.54. The largest absolute Gasteiger partial charge is 0.478 e. The van der Waals surface area contributed by atoms with E-state index in [4.69, 9.17) is 23.2 Å². The monoisotopic (exact) mass is 463 g/mol. The summed E-state index contributed by atoms with van der Waals surface area (Å²) in [4.78, 5) is 39.0. The van der Waals surface area contributed by atoms with Gasteiger partial charge in [0.2, 0.25) is 11.8 Å². The van der Waals surface area contributed by atoms with Crippen molar-refractivity contribution in [3.63, 3.8) is 0 Å². The number of carbonyl (C=O) groups is 3. The fourth-order valence-corrected chi connectivity index (χ4v) is 6.52. The molecule has 0 aromatic heterocycles. The summed E-state index contributed by atoms with van der Waals surface area (Å²) in [7, 11) is 0. The fourth-order valence-electron chi connectivity index (χ4n) is 5.75. The Kier molecular flexibility index (Phi) is 3.93. The van der Waals surface area contributed by atoms with Crippen molar-refractivity contribution in [2.24, 2.45) is 11.8 Å². The third-order valence-electron chi connectivity index (χ3n) is 6.95. The SMILES string of the molecule is O=C(O)c1cc(N2C(=O)[C@H]3C4c5ccccc5C(Cl)(c5ccccc54)[C@H]3C2=O)ccc1Cl. The molecule has 0 unspecified atom stereocenters. The molecule has 1 fully saturated rings. The first-order chi connectivity index (χ1) is 15.4. The van der Waals surface area contributed by atoms with E-state index in [9.17, 15) is 19.5 Å². The van der Waals surface area contributed by atoms with E-state index in [1.165, 1.54) is 18.2 Å². The van der Waals surface area contributed by atoms with Crippen molar-refractivity contribution in [2.45, 2.75) is 10.8 Å². The van der Waals surface area contributed by atoms with Crippen LogP contribution in [0.25, 0.3) is 0 Å². The lowest BCUT2D eigenvalue weighted by Gasteiger charge is -2.50. The molecule has 1 heterocycles. The summed E-state index contributed by atoms with van der Waals surface area (Å²) in [6.45, 7) is 0. The number of halogens is 2. The Morgan fingerprint density at radius 2 is 1.50 bits per heavy atom. The smallest absolute Gasteiger partial charge is 0.337 e. The van der Waals surface area contributed by atoms with Gasteiger partial charge >= 0.3 is 5.97 Å². The third-order valence-corrected chi connectivity index (χ3v) is 7.92. The molecule has 3 aliphatic carbocycles. The van der Waals surface area contributed by atoms with Crippen LogP contribution in [0.5, 0.6) is 0 Å². The quantitative estimate of drug-likeness (QED) is 0.438. The van der Waals surface area contributed by atoms with E-state index in [2.05, 4.69) is 0 Å². The molecule has 1 aliphatic heterocycles. The van der Waals surface area contributed by atoms with Crippen LogP contribution in [0, 0.1) is 11.8 Å². The highest BCUT2D eigenvalue weighted by molar-refractivity contribution is 6.35. The number of carbonyl (C=O) groups excluding carboxylic acids is 2. The van der Waals surface area contributed by atoms with Gasteiger partial charge in [-0.05, 0) is 40.5 Å². The zero-order valence-corrected chi connectivity index (χ0v) is 18.0. The molecular formula is C25H15Cl2NO4. The summed E-state index contributed by atoms with van der Waals surface area (Å²) >= 11 is 13.4. The maximum Gasteiger partial charge on any atom is 0.337 e. The van der Waals surface area contributed by atoms with Gasteiger partial charge in [0.05, 0.1) is 28.1 Å². The molecule has 0 saturated carbocycles. The van der Waals surface area contributed by atoms with Gasteiger partial charge < -0.3 is 5.11 Å². The van der Waals surface area contributed by atoms with Gasteiger partial charge in [0, 0.05) is 5.92 Å². The third kappa shape index (κ3) is 2.22. The number of aromatic carboxylic acids is 1. The first-order valence-electron chi connectivity index (χ1n) is 10.1. The second-order valence-corrected chi connectivity index (χ2v) is 9.35. The Hall–Kier alpha value is -3.15. The van der Waals surface area contributed by atoms with Gasteiger partial charge in [0.15, 0.2) is 0 Å². The standard InChI is InChI=1S/C25H15Cl2NO4/c26-18-10-9-12(11-15(18)24(31)32)28-22(29)20-19-13-5-1-3-7-16(13)25(27,21(20)23(28)30)17-8-4-2-6-14(17)19/h1-11,19-21H,(H,31,32)/t19?,20-,21+,25?/m0/s1. The Balaban J connectivity index is 1.58. The summed E-state index contributed by atoms with van der Waals surface area (Å²) in [5.41, 5.74) is 3.60. The molecule has 5 nitrogen and oxygen atoms in total. The molecule has 3 aromatic rings. The van der Waals surface area contributed by atoms with Crippen molar-refractivity contribution in [1.82, 2.24) is 0 Å². The topological polar surface area (TPSA) is 74.7 Å². The van der Waals surface area contributed by atoms with Gasteiger partial charge in [-0.1, -0.05) is 60.1 Å². The van der Waals surface area contributed by atoms with Crippen molar-refractivity contribution in [3.05, 3.63) is 99.6 Å². The van der Waals surface area contributed by atoms with E-state index in [0.717, 1.165) is 27.2 Å². The molecule has 2 atom stereocenters. The second kappa shape index (κ2) is 6.44. The van der Waals surface area contributed by atoms with Gasteiger partial charge in [-0.15, -0.1) is 11.6 Å². The number of nitrogens with zero attached hydrogens (tertiary/aromatic N) is 1. The summed E-state index contributed by atoms with van der Waals surface area (Å²) in [5.74, 6) is -3.81. The minimum atomic E-state index is -1.23. The van der Waals surface area contributed by atoms with E-state index < -0.39 is 28.6 Å².